The molecule has 2 aliphatic rings. The van der Waals surface area contributed by atoms with Crippen LogP contribution in [-0.2, 0) is 4.74 Å². The van der Waals surface area contributed by atoms with E-state index < -0.39 is 0 Å². The van der Waals surface area contributed by atoms with E-state index in [-0.39, 0.29) is 0 Å². The van der Waals surface area contributed by atoms with Crippen LogP contribution in [0.4, 0.5) is 0 Å². The average Bonchev–Trinajstić information content (AvgIpc) is 2.99. The summed E-state index contributed by atoms with van der Waals surface area (Å²) < 4.78 is 5.79. The van der Waals surface area contributed by atoms with Gasteiger partial charge in [0.05, 0.1) is 6.10 Å². The third-order valence-electron chi connectivity index (χ3n) is 4.97. The van der Waals surface area contributed by atoms with Gasteiger partial charge < -0.3 is 15.0 Å². The molecule has 1 N–H and O–H groups in total. The maximum atomic E-state index is 5.79. The molecular weight excluding hydrogens is 224 g/mol. The summed E-state index contributed by atoms with van der Waals surface area (Å²) in [5, 5.41) is 3.56. The van der Waals surface area contributed by atoms with Crippen molar-refractivity contribution < 1.29 is 4.74 Å². The van der Waals surface area contributed by atoms with Crippen molar-refractivity contribution in [1.82, 2.24) is 10.2 Å². The van der Waals surface area contributed by atoms with Gasteiger partial charge in [0.15, 0.2) is 0 Å². The molecule has 3 nitrogen and oxygen atoms in total. The van der Waals surface area contributed by atoms with Crippen molar-refractivity contribution in [3.8, 4) is 0 Å². The number of ether oxygens (including phenoxy) is 1. The number of hydrogen-bond acceptors (Lipinski definition) is 3. The highest BCUT2D eigenvalue weighted by Crippen LogP contribution is 2.35. The topological polar surface area (TPSA) is 24.5 Å². The lowest BCUT2D eigenvalue weighted by atomic mass is 9.76. The molecule has 106 valence electrons. The van der Waals surface area contributed by atoms with E-state index in [1.165, 1.54) is 38.9 Å². The summed E-state index contributed by atoms with van der Waals surface area (Å²) in [4.78, 5) is 2.61. The number of nitrogens with one attached hydrogen (secondary N) is 1. The Hall–Kier alpha value is -0.120. The van der Waals surface area contributed by atoms with Gasteiger partial charge in [-0.2, -0.15) is 0 Å². The number of likely N-dealkylation sites (N-methyl/N-ethyl adjacent to an activating group) is 1. The van der Waals surface area contributed by atoms with Crippen LogP contribution in [0.5, 0.6) is 0 Å². The second-order valence-corrected chi connectivity index (χ2v) is 6.41. The molecule has 0 amide bonds. The Morgan fingerprint density at radius 1 is 1.44 bits per heavy atom. The molecule has 0 aromatic carbocycles. The quantitative estimate of drug-likeness (QED) is 0.786. The second kappa shape index (κ2) is 6.36. The molecule has 2 aliphatic heterocycles. The van der Waals surface area contributed by atoms with Gasteiger partial charge in [0.2, 0.25) is 0 Å². The normalized spacial score (nSPS) is 32.8. The third-order valence-corrected chi connectivity index (χ3v) is 4.97. The minimum absolute atomic E-state index is 0.481. The van der Waals surface area contributed by atoms with Crippen molar-refractivity contribution in [3.05, 3.63) is 0 Å². The fraction of sp³-hybridized carbons (Fsp3) is 1.00. The zero-order valence-electron chi connectivity index (χ0n) is 12.4. The molecule has 0 aromatic heterocycles. The molecule has 0 aliphatic carbocycles. The van der Waals surface area contributed by atoms with Gasteiger partial charge in [0.25, 0.3) is 0 Å². The highest BCUT2D eigenvalue weighted by atomic mass is 16.5. The maximum Gasteiger partial charge on any atom is 0.0702 e. The predicted molar refractivity (Wildman–Crippen MR) is 75.8 cm³/mol. The van der Waals surface area contributed by atoms with E-state index in [0.717, 1.165) is 25.6 Å². The molecule has 2 unspecified atom stereocenters. The summed E-state index contributed by atoms with van der Waals surface area (Å²) in [6, 6.07) is 0. The van der Waals surface area contributed by atoms with E-state index in [4.69, 9.17) is 4.74 Å². The first-order valence-electron chi connectivity index (χ1n) is 7.71. The van der Waals surface area contributed by atoms with Crippen molar-refractivity contribution in [2.75, 3.05) is 39.3 Å². The summed E-state index contributed by atoms with van der Waals surface area (Å²) in [6.45, 7) is 13.9. The standard InChI is InChI=1S/C15H30N2O/c1-4-17(10-14-6-5-9-18-14)12-15(13(2)3)7-8-16-11-15/h13-14,16H,4-12H2,1-3H3. The largest absolute Gasteiger partial charge is 0.377 e. The Kier molecular flexibility index (Phi) is 5.05. The van der Waals surface area contributed by atoms with E-state index >= 15 is 0 Å². The van der Waals surface area contributed by atoms with Gasteiger partial charge in [-0.25, -0.2) is 0 Å². The van der Waals surface area contributed by atoms with Crippen LogP contribution >= 0.6 is 0 Å². The smallest absolute Gasteiger partial charge is 0.0702 e. The van der Waals surface area contributed by atoms with Crippen LogP contribution in [0.15, 0.2) is 0 Å². The lowest BCUT2D eigenvalue weighted by molar-refractivity contribution is 0.0485. The lowest BCUT2D eigenvalue weighted by Crippen LogP contribution is -2.45. The van der Waals surface area contributed by atoms with Crippen LogP contribution in [0.1, 0.15) is 40.0 Å². The predicted octanol–water partition coefficient (Wildman–Crippen LogP) is 2.12. The average molecular weight is 254 g/mol. The summed E-state index contributed by atoms with van der Waals surface area (Å²) in [5.41, 5.74) is 0.481. The van der Waals surface area contributed by atoms with Gasteiger partial charge in [0.1, 0.15) is 0 Å². The van der Waals surface area contributed by atoms with E-state index in [9.17, 15) is 0 Å². The summed E-state index contributed by atoms with van der Waals surface area (Å²) in [7, 11) is 0. The first kappa shape index (κ1) is 14.3. The molecule has 0 bridgehead atoms. The molecule has 2 fully saturated rings. The molecule has 0 saturated carbocycles. The molecule has 3 heteroatoms. The van der Waals surface area contributed by atoms with Crippen molar-refractivity contribution in [3.63, 3.8) is 0 Å². The number of hydrogen-bond donors (Lipinski definition) is 1. The van der Waals surface area contributed by atoms with Crippen molar-refractivity contribution in [1.29, 1.82) is 0 Å². The van der Waals surface area contributed by atoms with E-state index in [0.29, 0.717) is 11.5 Å². The lowest BCUT2D eigenvalue weighted by Gasteiger charge is -2.38. The molecule has 2 rings (SSSR count). The van der Waals surface area contributed by atoms with Gasteiger partial charge in [-0.05, 0) is 43.7 Å². The van der Waals surface area contributed by atoms with Gasteiger partial charge in [-0.3, -0.25) is 0 Å². The zero-order valence-corrected chi connectivity index (χ0v) is 12.4. The summed E-state index contributed by atoms with van der Waals surface area (Å²) >= 11 is 0. The Labute approximate surface area is 112 Å². The molecule has 2 saturated heterocycles. The molecule has 18 heavy (non-hydrogen) atoms. The van der Waals surface area contributed by atoms with Crippen LogP contribution < -0.4 is 5.32 Å². The van der Waals surface area contributed by atoms with Crippen molar-refractivity contribution >= 4 is 0 Å². The van der Waals surface area contributed by atoms with Gasteiger partial charge >= 0.3 is 0 Å². The Morgan fingerprint density at radius 3 is 2.78 bits per heavy atom. The minimum atomic E-state index is 0.481. The first-order chi connectivity index (χ1) is 8.66. The molecular formula is C15H30N2O. The zero-order chi connectivity index (χ0) is 13.0. The fourth-order valence-corrected chi connectivity index (χ4v) is 3.40. The van der Waals surface area contributed by atoms with E-state index in [1.807, 2.05) is 0 Å². The van der Waals surface area contributed by atoms with Crippen LogP contribution in [0.25, 0.3) is 0 Å². The Balaban J connectivity index is 1.90. The van der Waals surface area contributed by atoms with Gasteiger partial charge in [-0.15, -0.1) is 0 Å². The highest BCUT2D eigenvalue weighted by Gasteiger charge is 2.38. The number of nitrogens with zero attached hydrogens (tertiary/aromatic N) is 1. The SMILES string of the molecule is CCN(CC1CCCO1)CC1(C(C)C)CCNC1. The van der Waals surface area contributed by atoms with Crippen molar-refractivity contribution in [2.45, 2.75) is 46.1 Å². The summed E-state index contributed by atoms with van der Waals surface area (Å²) in [5.74, 6) is 0.756. The summed E-state index contributed by atoms with van der Waals surface area (Å²) in [6.07, 6.45) is 4.32. The second-order valence-electron chi connectivity index (χ2n) is 6.41. The molecule has 0 radical (unpaired) electrons. The first-order valence-corrected chi connectivity index (χ1v) is 7.71. The highest BCUT2D eigenvalue weighted by molar-refractivity contribution is 4.93. The molecule has 2 atom stereocenters. The van der Waals surface area contributed by atoms with Crippen LogP contribution in [0.3, 0.4) is 0 Å². The number of rotatable bonds is 6. The van der Waals surface area contributed by atoms with Gasteiger partial charge in [-0.1, -0.05) is 20.8 Å². The van der Waals surface area contributed by atoms with E-state index in [1.54, 1.807) is 0 Å². The maximum absolute atomic E-state index is 5.79. The minimum Gasteiger partial charge on any atom is -0.377 e. The molecule has 0 aromatic rings. The third kappa shape index (κ3) is 3.25. The van der Waals surface area contributed by atoms with Crippen LogP contribution in [0.2, 0.25) is 0 Å². The van der Waals surface area contributed by atoms with Crippen LogP contribution in [-0.4, -0.2) is 50.3 Å². The Morgan fingerprint density at radius 2 is 2.28 bits per heavy atom. The molecule has 2 heterocycles. The van der Waals surface area contributed by atoms with Crippen molar-refractivity contribution in [2.24, 2.45) is 11.3 Å². The van der Waals surface area contributed by atoms with E-state index in [2.05, 4.69) is 31.0 Å². The fourth-order valence-electron chi connectivity index (χ4n) is 3.40. The van der Waals surface area contributed by atoms with Gasteiger partial charge in [0, 0.05) is 26.2 Å². The Bertz CT molecular complexity index is 243. The van der Waals surface area contributed by atoms with Crippen LogP contribution in [0, 0.1) is 11.3 Å². The molecule has 0 spiro atoms. The monoisotopic (exact) mass is 254 g/mol.